The van der Waals surface area contributed by atoms with E-state index in [-0.39, 0.29) is 29.4 Å². The minimum absolute atomic E-state index is 0.0135. The van der Waals surface area contributed by atoms with Gasteiger partial charge in [-0.15, -0.1) is 0 Å². The predicted octanol–water partition coefficient (Wildman–Crippen LogP) is 2.53. The van der Waals surface area contributed by atoms with Gasteiger partial charge in [0, 0.05) is 31.9 Å². The molecular formula is C19H32N4O3S. The largest absolute Gasteiger partial charge is 0.353 e. The molecule has 1 atom stereocenters. The zero-order valence-electron chi connectivity index (χ0n) is 16.3. The molecule has 3 rings (SSSR count). The van der Waals surface area contributed by atoms with Crippen LogP contribution in [0.4, 0.5) is 0 Å². The van der Waals surface area contributed by atoms with E-state index in [2.05, 4.69) is 10.3 Å². The molecule has 2 heterocycles. The van der Waals surface area contributed by atoms with Crippen LogP contribution < -0.4 is 5.32 Å². The molecule has 8 heteroatoms. The molecule has 2 aliphatic rings. The van der Waals surface area contributed by atoms with Gasteiger partial charge in [0.1, 0.15) is 0 Å². The molecule has 1 saturated carbocycles. The van der Waals surface area contributed by atoms with Gasteiger partial charge in [0.2, 0.25) is 5.91 Å². The second-order valence-corrected chi connectivity index (χ2v) is 9.68. The number of rotatable bonds is 5. The van der Waals surface area contributed by atoms with Gasteiger partial charge in [0.05, 0.1) is 12.2 Å². The Morgan fingerprint density at radius 3 is 2.52 bits per heavy atom. The normalized spacial score (nSPS) is 23.5. The maximum absolute atomic E-state index is 12.9. The fraction of sp³-hybridized carbons (Fsp3) is 0.789. The van der Waals surface area contributed by atoms with E-state index in [0.29, 0.717) is 19.5 Å². The summed E-state index contributed by atoms with van der Waals surface area (Å²) >= 11 is 0. The number of aromatic nitrogens is 2. The Bertz CT molecular complexity index is 723. The molecular weight excluding hydrogens is 364 g/mol. The lowest BCUT2D eigenvalue weighted by atomic mass is 9.94. The van der Waals surface area contributed by atoms with Crippen molar-refractivity contribution in [3.63, 3.8) is 0 Å². The molecule has 1 aromatic heterocycles. The summed E-state index contributed by atoms with van der Waals surface area (Å²) in [4.78, 5) is 16.8. The molecule has 1 N–H and O–H groups in total. The third kappa shape index (κ3) is 5.10. The number of carbonyl (C=O) groups is 1. The first-order chi connectivity index (χ1) is 13.0. The lowest BCUT2D eigenvalue weighted by Gasteiger charge is -2.32. The summed E-state index contributed by atoms with van der Waals surface area (Å²) in [6.45, 7) is 3.32. The number of amides is 1. The van der Waals surface area contributed by atoms with Crippen molar-refractivity contribution in [1.82, 2.24) is 19.2 Å². The average molecular weight is 397 g/mol. The molecule has 7 nitrogen and oxygen atoms in total. The minimum atomic E-state index is -3.64. The van der Waals surface area contributed by atoms with E-state index in [9.17, 15) is 13.2 Å². The Balaban J connectivity index is 1.61. The molecule has 0 unspecified atom stereocenters. The first-order valence-corrected chi connectivity index (χ1v) is 11.8. The summed E-state index contributed by atoms with van der Waals surface area (Å²) in [5.74, 6) is -0.258. The van der Waals surface area contributed by atoms with Crippen molar-refractivity contribution >= 4 is 15.9 Å². The van der Waals surface area contributed by atoms with E-state index in [1.165, 1.54) is 29.9 Å². The second-order valence-electron chi connectivity index (χ2n) is 7.80. The SMILES string of the molecule is CCn1cnc(S(=O)(=O)N2CCC[C@H](C(=O)NC3CCCCCCC3)C2)c1. The molecule has 0 aromatic carbocycles. The molecule has 1 saturated heterocycles. The molecule has 1 aliphatic heterocycles. The van der Waals surface area contributed by atoms with Crippen molar-refractivity contribution in [3.8, 4) is 0 Å². The topological polar surface area (TPSA) is 84.3 Å². The Kier molecular flexibility index (Phi) is 6.92. The Labute approximate surface area is 162 Å². The van der Waals surface area contributed by atoms with E-state index in [0.717, 1.165) is 32.1 Å². The molecule has 152 valence electrons. The molecule has 0 spiro atoms. The van der Waals surface area contributed by atoms with Gasteiger partial charge < -0.3 is 9.88 Å². The number of sulfonamides is 1. The summed E-state index contributed by atoms with van der Waals surface area (Å²) in [5.41, 5.74) is 0. The summed E-state index contributed by atoms with van der Waals surface area (Å²) < 4.78 is 28.9. The smallest absolute Gasteiger partial charge is 0.262 e. The number of imidazole rings is 1. The van der Waals surface area contributed by atoms with Crippen molar-refractivity contribution in [2.24, 2.45) is 5.92 Å². The fourth-order valence-electron chi connectivity index (χ4n) is 4.07. The van der Waals surface area contributed by atoms with E-state index >= 15 is 0 Å². The highest BCUT2D eigenvalue weighted by molar-refractivity contribution is 7.89. The number of carbonyl (C=O) groups excluding carboxylic acids is 1. The van der Waals surface area contributed by atoms with E-state index in [4.69, 9.17) is 0 Å². The Morgan fingerprint density at radius 2 is 1.85 bits per heavy atom. The Hall–Kier alpha value is -1.41. The van der Waals surface area contributed by atoms with Crippen LogP contribution in [0.2, 0.25) is 0 Å². The third-order valence-corrected chi connectivity index (χ3v) is 7.54. The van der Waals surface area contributed by atoms with Crippen LogP contribution in [0.25, 0.3) is 0 Å². The standard InChI is InChI=1S/C19H32N4O3S/c1-2-22-14-18(20-15-22)27(25,26)23-12-8-9-16(13-23)19(24)21-17-10-6-4-3-5-7-11-17/h14-17H,2-13H2,1H3,(H,21,24)/t16-/m0/s1. The maximum atomic E-state index is 12.9. The van der Waals surface area contributed by atoms with Crippen LogP contribution in [-0.4, -0.2) is 47.3 Å². The van der Waals surface area contributed by atoms with Crippen LogP contribution in [0.1, 0.15) is 64.7 Å². The van der Waals surface area contributed by atoms with Gasteiger partial charge in [-0.2, -0.15) is 4.31 Å². The zero-order chi connectivity index (χ0) is 19.3. The molecule has 0 bridgehead atoms. The molecule has 1 amide bonds. The highest BCUT2D eigenvalue weighted by Crippen LogP contribution is 2.24. The van der Waals surface area contributed by atoms with Crippen molar-refractivity contribution in [2.45, 2.75) is 82.3 Å². The molecule has 1 aliphatic carbocycles. The molecule has 2 fully saturated rings. The highest BCUT2D eigenvalue weighted by atomic mass is 32.2. The van der Waals surface area contributed by atoms with Crippen LogP contribution in [0.15, 0.2) is 17.6 Å². The van der Waals surface area contributed by atoms with E-state index in [1.807, 2.05) is 6.92 Å². The van der Waals surface area contributed by atoms with Crippen molar-refractivity contribution < 1.29 is 13.2 Å². The zero-order valence-corrected chi connectivity index (χ0v) is 17.1. The van der Waals surface area contributed by atoms with Gasteiger partial charge in [-0.05, 0) is 32.6 Å². The number of hydrogen-bond donors (Lipinski definition) is 1. The highest BCUT2D eigenvalue weighted by Gasteiger charge is 2.35. The van der Waals surface area contributed by atoms with Gasteiger partial charge in [0.15, 0.2) is 5.03 Å². The average Bonchev–Trinajstić information content (AvgIpc) is 3.14. The summed E-state index contributed by atoms with van der Waals surface area (Å²) in [7, 11) is -3.64. The van der Waals surface area contributed by atoms with Gasteiger partial charge in [-0.3, -0.25) is 4.79 Å². The van der Waals surface area contributed by atoms with Gasteiger partial charge in [-0.25, -0.2) is 13.4 Å². The van der Waals surface area contributed by atoms with E-state index in [1.54, 1.807) is 10.8 Å². The fourth-order valence-corrected chi connectivity index (χ4v) is 5.53. The van der Waals surface area contributed by atoms with Gasteiger partial charge in [-0.1, -0.05) is 32.1 Å². The van der Waals surface area contributed by atoms with Gasteiger partial charge in [0.25, 0.3) is 10.0 Å². The summed E-state index contributed by atoms with van der Waals surface area (Å²) in [6.07, 6.45) is 12.7. The van der Waals surface area contributed by atoms with Gasteiger partial charge >= 0.3 is 0 Å². The van der Waals surface area contributed by atoms with E-state index < -0.39 is 10.0 Å². The molecule has 27 heavy (non-hydrogen) atoms. The van der Waals surface area contributed by atoms with Crippen LogP contribution in [0.3, 0.4) is 0 Å². The third-order valence-electron chi connectivity index (χ3n) is 5.79. The maximum Gasteiger partial charge on any atom is 0.262 e. The lowest BCUT2D eigenvalue weighted by Crippen LogP contribution is -2.47. The van der Waals surface area contributed by atoms with Crippen molar-refractivity contribution in [3.05, 3.63) is 12.5 Å². The quantitative estimate of drug-likeness (QED) is 0.829. The minimum Gasteiger partial charge on any atom is -0.353 e. The first kappa shape index (κ1) is 20.3. The van der Waals surface area contributed by atoms with Crippen molar-refractivity contribution in [2.75, 3.05) is 13.1 Å². The molecule has 1 aromatic rings. The monoisotopic (exact) mass is 396 g/mol. The second kappa shape index (κ2) is 9.19. The van der Waals surface area contributed by atoms with Crippen LogP contribution >= 0.6 is 0 Å². The number of aryl methyl sites for hydroxylation is 1. The number of piperidine rings is 1. The number of nitrogens with zero attached hydrogens (tertiary/aromatic N) is 3. The lowest BCUT2D eigenvalue weighted by molar-refractivity contribution is -0.126. The molecule has 0 radical (unpaired) electrons. The number of hydrogen-bond acceptors (Lipinski definition) is 4. The summed E-state index contributed by atoms with van der Waals surface area (Å²) in [6, 6.07) is 0.241. The number of nitrogens with one attached hydrogen (secondary N) is 1. The first-order valence-electron chi connectivity index (χ1n) is 10.3. The predicted molar refractivity (Wildman–Crippen MR) is 104 cm³/mol. The van der Waals surface area contributed by atoms with Crippen LogP contribution in [0, 0.1) is 5.92 Å². The van der Waals surface area contributed by atoms with Crippen LogP contribution in [-0.2, 0) is 21.4 Å². The summed E-state index contributed by atoms with van der Waals surface area (Å²) in [5, 5.41) is 3.28. The van der Waals surface area contributed by atoms with Crippen LogP contribution in [0.5, 0.6) is 0 Å². The van der Waals surface area contributed by atoms with Crippen molar-refractivity contribution in [1.29, 1.82) is 0 Å². The Morgan fingerprint density at radius 1 is 1.15 bits per heavy atom.